The van der Waals surface area contributed by atoms with E-state index in [1.807, 2.05) is 0 Å². The molecule has 4 atom stereocenters. The molecule has 2 aromatic rings. The van der Waals surface area contributed by atoms with E-state index in [-0.39, 0.29) is 41.5 Å². The molecule has 0 saturated carbocycles. The van der Waals surface area contributed by atoms with Gasteiger partial charge in [0, 0.05) is 6.20 Å². The van der Waals surface area contributed by atoms with Crippen LogP contribution in [0.15, 0.2) is 6.20 Å². The Morgan fingerprint density at radius 3 is 1.78 bits per heavy atom. The summed E-state index contributed by atoms with van der Waals surface area (Å²) in [5.74, 6) is 0.903. The Morgan fingerprint density at radius 1 is 0.812 bits per heavy atom. The van der Waals surface area contributed by atoms with Crippen LogP contribution in [-0.2, 0) is 9.47 Å². The highest BCUT2D eigenvalue weighted by Gasteiger charge is 2.42. The molecule has 4 bridgehead atoms. The number of nitrogens with zero attached hydrogens (tertiary/aromatic N) is 7. The van der Waals surface area contributed by atoms with Crippen LogP contribution >= 0.6 is 0 Å². The van der Waals surface area contributed by atoms with Crippen molar-refractivity contribution in [2.24, 2.45) is 0 Å². The van der Waals surface area contributed by atoms with Crippen molar-refractivity contribution in [3.63, 3.8) is 0 Å². The molecule has 4 saturated heterocycles. The third-order valence-electron chi connectivity index (χ3n) is 6.84. The van der Waals surface area contributed by atoms with Gasteiger partial charge in [0.05, 0.1) is 56.2 Å². The number of hydrogen-bond acceptors (Lipinski definition) is 10. The summed E-state index contributed by atoms with van der Waals surface area (Å²) in [5.41, 5.74) is 5.17. The van der Waals surface area contributed by atoms with Crippen molar-refractivity contribution in [1.29, 1.82) is 0 Å². The van der Waals surface area contributed by atoms with E-state index < -0.39 is 12.1 Å². The number of anilines is 3. The lowest BCUT2D eigenvalue weighted by molar-refractivity contribution is 0.0885. The van der Waals surface area contributed by atoms with Crippen LogP contribution in [0, 0.1) is 0 Å². The second-order valence-electron chi connectivity index (χ2n) is 8.75. The van der Waals surface area contributed by atoms with Crippen molar-refractivity contribution in [2.75, 3.05) is 42.0 Å². The maximum Gasteiger partial charge on any atom is 0.281 e. The minimum atomic E-state index is -2.84. The predicted molar refractivity (Wildman–Crippen MR) is 110 cm³/mol. The maximum atomic E-state index is 13.8. The normalized spacial score (nSPS) is 29.2. The zero-order valence-corrected chi connectivity index (χ0v) is 17.4. The topological polar surface area (TPSA) is 115 Å². The van der Waals surface area contributed by atoms with E-state index in [9.17, 15) is 8.78 Å². The number of alkyl halides is 2. The summed E-state index contributed by atoms with van der Waals surface area (Å²) in [6.45, 7) is 2.40. The molecule has 4 fully saturated rings. The molecule has 0 amide bonds. The van der Waals surface area contributed by atoms with Crippen LogP contribution in [0.1, 0.15) is 37.8 Å². The summed E-state index contributed by atoms with van der Waals surface area (Å²) in [7, 11) is 0. The van der Waals surface area contributed by atoms with Gasteiger partial charge in [0.15, 0.2) is 5.82 Å². The highest BCUT2D eigenvalue weighted by atomic mass is 19.3. The largest absolute Gasteiger partial charge is 0.377 e. The first-order valence-electron chi connectivity index (χ1n) is 11.0. The smallest absolute Gasteiger partial charge is 0.281 e. The Bertz CT molecular complexity index is 947. The van der Waals surface area contributed by atoms with Crippen LogP contribution in [-0.4, -0.2) is 75.5 Å². The summed E-state index contributed by atoms with van der Waals surface area (Å²) in [6.07, 6.45) is 2.37. The van der Waals surface area contributed by atoms with Crippen molar-refractivity contribution < 1.29 is 18.3 Å². The van der Waals surface area contributed by atoms with Gasteiger partial charge in [-0.1, -0.05) is 0 Å². The number of ether oxygens (including phenoxy) is 2. The summed E-state index contributed by atoms with van der Waals surface area (Å²) in [5, 5.41) is 0. The van der Waals surface area contributed by atoms with Gasteiger partial charge in [0.1, 0.15) is 5.69 Å². The molecule has 4 aliphatic heterocycles. The number of hydrogen-bond donors (Lipinski definition) is 1. The fourth-order valence-electron chi connectivity index (χ4n) is 5.36. The summed E-state index contributed by atoms with van der Waals surface area (Å²) in [6, 6.07) is 0.650. The number of rotatable bonds is 4. The zero-order valence-electron chi connectivity index (χ0n) is 17.4. The number of morpholine rings is 2. The number of halogens is 2. The van der Waals surface area contributed by atoms with Gasteiger partial charge in [0.2, 0.25) is 17.8 Å². The highest BCUT2D eigenvalue weighted by molar-refractivity contribution is 5.62. The molecule has 0 radical (unpaired) electrons. The SMILES string of the molecule is Nc1ncc(-c2nc(N3C4CCC3COC4)nc(N3C4CCC3COC4)n2)c(C(F)F)n1. The van der Waals surface area contributed by atoms with Gasteiger partial charge in [-0.2, -0.15) is 15.0 Å². The van der Waals surface area contributed by atoms with Crippen molar-refractivity contribution in [3.05, 3.63) is 11.9 Å². The minimum Gasteiger partial charge on any atom is -0.377 e. The van der Waals surface area contributed by atoms with Crippen LogP contribution in [0.4, 0.5) is 26.6 Å². The van der Waals surface area contributed by atoms with E-state index in [1.165, 1.54) is 6.20 Å². The van der Waals surface area contributed by atoms with Gasteiger partial charge in [-0.05, 0) is 25.7 Å². The van der Waals surface area contributed by atoms with E-state index in [2.05, 4.69) is 29.7 Å². The molecule has 2 N–H and O–H groups in total. The van der Waals surface area contributed by atoms with Crippen molar-refractivity contribution in [1.82, 2.24) is 24.9 Å². The Hall–Kier alpha value is -2.73. The van der Waals surface area contributed by atoms with Gasteiger partial charge in [0.25, 0.3) is 6.43 Å². The predicted octanol–water partition coefficient (Wildman–Crippen LogP) is 1.58. The summed E-state index contributed by atoms with van der Waals surface area (Å²) in [4.78, 5) is 26.2. The lowest BCUT2D eigenvalue weighted by Gasteiger charge is -2.37. The molecule has 0 aliphatic carbocycles. The van der Waals surface area contributed by atoms with E-state index >= 15 is 0 Å². The number of nitrogen functional groups attached to an aromatic ring is 1. The molecular weight excluding hydrogens is 422 g/mol. The molecular formula is C20H24F2N8O2. The van der Waals surface area contributed by atoms with Gasteiger partial charge in [-0.3, -0.25) is 0 Å². The quantitative estimate of drug-likeness (QED) is 0.742. The van der Waals surface area contributed by atoms with E-state index in [0.29, 0.717) is 38.3 Å². The average Bonchev–Trinajstić information content (AvgIpc) is 3.20. The monoisotopic (exact) mass is 446 g/mol. The Morgan fingerprint density at radius 2 is 1.31 bits per heavy atom. The lowest BCUT2D eigenvalue weighted by Crippen LogP contribution is -2.48. The van der Waals surface area contributed by atoms with Gasteiger partial charge in [-0.25, -0.2) is 18.7 Å². The fraction of sp³-hybridized carbons (Fsp3) is 0.650. The lowest BCUT2D eigenvalue weighted by atomic mass is 10.2. The Balaban J connectivity index is 1.49. The Labute approximate surface area is 183 Å². The molecule has 10 nitrogen and oxygen atoms in total. The van der Waals surface area contributed by atoms with E-state index in [4.69, 9.17) is 20.2 Å². The molecule has 12 heteroatoms. The van der Waals surface area contributed by atoms with Crippen molar-refractivity contribution >= 4 is 17.8 Å². The molecule has 6 rings (SSSR count). The average molecular weight is 446 g/mol. The highest BCUT2D eigenvalue weighted by Crippen LogP contribution is 2.37. The summed E-state index contributed by atoms with van der Waals surface area (Å²) < 4.78 is 39.0. The van der Waals surface area contributed by atoms with Crippen molar-refractivity contribution in [3.8, 4) is 11.4 Å². The number of aromatic nitrogens is 5. The molecule has 0 spiro atoms. The van der Waals surface area contributed by atoms with Crippen LogP contribution < -0.4 is 15.5 Å². The third-order valence-corrected chi connectivity index (χ3v) is 6.84. The number of fused-ring (bicyclic) bond motifs is 4. The fourth-order valence-corrected chi connectivity index (χ4v) is 5.36. The maximum absolute atomic E-state index is 13.8. The molecule has 4 unspecified atom stereocenters. The Kier molecular flexibility index (Phi) is 4.79. The molecule has 4 aliphatic rings. The zero-order chi connectivity index (χ0) is 21.8. The second-order valence-corrected chi connectivity index (χ2v) is 8.75. The van der Waals surface area contributed by atoms with E-state index in [1.54, 1.807) is 0 Å². The van der Waals surface area contributed by atoms with Gasteiger partial charge < -0.3 is 25.0 Å². The number of nitrogens with two attached hydrogens (primary N) is 1. The molecule has 2 aromatic heterocycles. The first kappa shape index (κ1) is 19.9. The first-order valence-corrected chi connectivity index (χ1v) is 11.0. The molecule has 0 aromatic carbocycles. The van der Waals surface area contributed by atoms with Gasteiger partial charge in [-0.15, -0.1) is 0 Å². The van der Waals surface area contributed by atoms with Crippen LogP contribution in [0.25, 0.3) is 11.4 Å². The van der Waals surface area contributed by atoms with E-state index in [0.717, 1.165) is 25.7 Å². The molecule has 170 valence electrons. The van der Waals surface area contributed by atoms with Gasteiger partial charge >= 0.3 is 0 Å². The van der Waals surface area contributed by atoms with Crippen LogP contribution in [0.5, 0.6) is 0 Å². The standard InChI is InChI=1S/C20H24F2N8O2/c21-16(22)15-14(5-24-18(23)25-15)17-26-19(29-10-1-2-11(29)7-31-6-10)28-20(27-17)30-12-3-4-13(30)9-32-8-12/h5,10-13,16H,1-4,6-9H2,(H2,23,24,25). The van der Waals surface area contributed by atoms with Crippen molar-refractivity contribution in [2.45, 2.75) is 56.3 Å². The van der Waals surface area contributed by atoms with Crippen LogP contribution in [0.2, 0.25) is 0 Å². The van der Waals surface area contributed by atoms with Crippen LogP contribution in [0.3, 0.4) is 0 Å². The molecule has 32 heavy (non-hydrogen) atoms. The molecule has 6 heterocycles. The second kappa shape index (κ2) is 7.69. The summed E-state index contributed by atoms with van der Waals surface area (Å²) >= 11 is 0. The first-order chi connectivity index (χ1) is 15.6. The third kappa shape index (κ3) is 3.24. The minimum absolute atomic E-state index is 0.0697.